The Labute approximate surface area is 167 Å². The summed E-state index contributed by atoms with van der Waals surface area (Å²) in [5.74, 6) is 1.49. The number of amides is 1. The summed E-state index contributed by atoms with van der Waals surface area (Å²) in [6.07, 6.45) is 3.46. The van der Waals surface area contributed by atoms with Crippen LogP contribution in [-0.4, -0.2) is 21.6 Å². The predicted octanol–water partition coefficient (Wildman–Crippen LogP) is 5.34. The number of nitrogens with one attached hydrogen (secondary N) is 1. The molecule has 3 aromatic rings. The van der Waals surface area contributed by atoms with Gasteiger partial charge in [-0.15, -0.1) is 11.3 Å². The topological polar surface area (TPSA) is 54.9 Å². The highest BCUT2D eigenvalue weighted by molar-refractivity contribution is 8.00. The molecule has 1 N–H and O–H groups in total. The van der Waals surface area contributed by atoms with E-state index in [0.717, 1.165) is 39.8 Å². The molecule has 1 aromatic carbocycles. The summed E-state index contributed by atoms with van der Waals surface area (Å²) in [5.41, 5.74) is 3.47. The van der Waals surface area contributed by atoms with Gasteiger partial charge in [0.1, 0.15) is 15.7 Å². The SMILES string of the molecule is Cc1nc(SCC(=O)Nc2ccccc2C(C)C)c2c3c(sc2n1)CCC3. The number of carbonyl (C=O) groups is 1. The highest BCUT2D eigenvalue weighted by Crippen LogP contribution is 2.40. The van der Waals surface area contributed by atoms with Crippen LogP contribution in [0.5, 0.6) is 0 Å². The van der Waals surface area contributed by atoms with Crippen molar-refractivity contribution in [3.63, 3.8) is 0 Å². The highest BCUT2D eigenvalue weighted by Gasteiger charge is 2.22. The fraction of sp³-hybridized carbons (Fsp3) is 0.381. The molecule has 0 aliphatic heterocycles. The molecule has 6 heteroatoms. The van der Waals surface area contributed by atoms with Crippen LogP contribution >= 0.6 is 23.1 Å². The van der Waals surface area contributed by atoms with Gasteiger partial charge in [0.05, 0.1) is 5.75 Å². The van der Waals surface area contributed by atoms with Crippen molar-refractivity contribution in [2.24, 2.45) is 0 Å². The molecule has 4 nitrogen and oxygen atoms in total. The van der Waals surface area contributed by atoms with Crippen molar-refractivity contribution >= 4 is 44.9 Å². The standard InChI is InChI=1S/C21H23N3OS2/c1-12(2)14-7-4-5-9-16(14)24-18(25)11-26-20-19-15-8-6-10-17(15)27-21(19)23-13(3)22-20/h4-5,7,9,12H,6,8,10-11H2,1-3H3,(H,24,25). The van der Waals surface area contributed by atoms with Crippen LogP contribution in [0.1, 0.15) is 48.0 Å². The Bertz CT molecular complexity index is 1010. The summed E-state index contributed by atoms with van der Waals surface area (Å²) in [5, 5.41) is 5.20. The molecule has 0 unspecified atom stereocenters. The number of fused-ring (bicyclic) bond motifs is 3. The molecule has 0 saturated heterocycles. The lowest BCUT2D eigenvalue weighted by Crippen LogP contribution is -2.15. The van der Waals surface area contributed by atoms with Crippen molar-refractivity contribution < 1.29 is 4.79 Å². The van der Waals surface area contributed by atoms with Gasteiger partial charge in [-0.05, 0) is 49.3 Å². The van der Waals surface area contributed by atoms with E-state index in [0.29, 0.717) is 11.7 Å². The molecule has 0 saturated carbocycles. The number of aromatic nitrogens is 2. The molecule has 2 aromatic heterocycles. The van der Waals surface area contributed by atoms with Crippen LogP contribution in [0.4, 0.5) is 5.69 Å². The van der Waals surface area contributed by atoms with E-state index in [2.05, 4.69) is 35.2 Å². The molecule has 0 fully saturated rings. The minimum atomic E-state index is 0.00407. The number of thiophene rings is 1. The Morgan fingerprint density at radius 1 is 1.26 bits per heavy atom. The number of nitrogens with zero attached hydrogens (tertiary/aromatic N) is 2. The third-order valence-corrected chi connectivity index (χ3v) is 7.00. The Morgan fingerprint density at radius 3 is 2.89 bits per heavy atom. The number of aryl methyl sites for hydroxylation is 3. The van der Waals surface area contributed by atoms with Crippen molar-refractivity contribution in [2.75, 3.05) is 11.1 Å². The lowest BCUT2D eigenvalue weighted by atomic mass is 10.0. The quantitative estimate of drug-likeness (QED) is 0.466. The summed E-state index contributed by atoms with van der Waals surface area (Å²) in [7, 11) is 0. The van der Waals surface area contributed by atoms with Crippen molar-refractivity contribution in [1.29, 1.82) is 0 Å². The molecule has 0 bridgehead atoms. The number of rotatable bonds is 5. The van der Waals surface area contributed by atoms with E-state index in [1.165, 1.54) is 34.0 Å². The average Bonchev–Trinajstić information content (AvgIpc) is 3.20. The molecular formula is C21H23N3OS2. The van der Waals surface area contributed by atoms with Gasteiger partial charge in [0.2, 0.25) is 5.91 Å². The van der Waals surface area contributed by atoms with Crippen molar-refractivity contribution in [3.8, 4) is 0 Å². The van der Waals surface area contributed by atoms with Gasteiger partial charge in [0, 0.05) is 16.0 Å². The lowest BCUT2D eigenvalue weighted by Gasteiger charge is -2.13. The second-order valence-electron chi connectivity index (χ2n) is 7.19. The van der Waals surface area contributed by atoms with Gasteiger partial charge in [-0.3, -0.25) is 4.79 Å². The van der Waals surface area contributed by atoms with Crippen molar-refractivity contribution in [1.82, 2.24) is 9.97 Å². The summed E-state index contributed by atoms with van der Waals surface area (Å²) in [6.45, 7) is 6.20. The largest absolute Gasteiger partial charge is 0.325 e. The molecule has 1 aliphatic carbocycles. The van der Waals surface area contributed by atoms with E-state index in [1.54, 1.807) is 11.3 Å². The Hall–Kier alpha value is -1.92. The minimum absolute atomic E-state index is 0.00407. The zero-order valence-electron chi connectivity index (χ0n) is 15.8. The first-order valence-corrected chi connectivity index (χ1v) is 11.1. The number of hydrogen-bond acceptors (Lipinski definition) is 5. The van der Waals surface area contributed by atoms with Crippen LogP contribution in [-0.2, 0) is 17.6 Å². The molecule has 27 heavy (non-hydrogen) atoms. The van der Waals surface area contributed by atoms with E-state index in [-0.39, 0.29) is 5.91 Å². The molecular weight excluding hydrogens is 374 g/mol. The summed E-state index contributed by atoms with van der Waals surface area (Å²) >= 11 is 3.31. The van der Waals surface area contributed by atoms with Crippen LogP contribution in [0, 0.1) is 6.92 Å². The van der Waals surface area contributed by atoms with Crippen LogP contribution < -0.4 is 5.32 Å². The van der Waals surface area contributed by atoms with Crippen molar-refractivity contribution in [3.05, 3.63) is 46.1 Å². The minimum Gasteiger partial charge on any atom is -0.325 e. The summed E-state index contributed by atoms with van der Waals surface area (Å²) in [6, 6.07) is 8.01. The summed E-state index contributed by atoms with van der Waals surface area (Å²) in [4.78, 5) is 24.4. The number of thioether (sulfide) groups is 1. The number of hydrogen-bond donors (Lipinski definition) is 1. The molecule has 0 spiro atoms. The zero-order chi connectivity index (χ0) is 19.0. The maximum atomic E-state index is 12.6. The van der Waals surface area contributed by atoms with E-state index < -0.39 is 0 Å². The molecule has 4 rings (SSSR count). The van der Waals surface area contributed by atoms with E-state index in [1.807, 2.05) is 25.1 Å². The zero-order valence-corrected chi connectivity index (χ0v) is 17.5. The summed E-state index contributed by atoms with van der Waals surface area (Å²) < 4.78 is 0. The first-order chi connectivity index (χ1) is 13.0. The highest BCUT2D eigenvalue weighted by atomic mass is 32.2. The maximum absolute atomic E-state index is 12.6. The van der Waals surface area contributed by atoms with Gasteiger partial charge >= 0.3 is 0 Å². The van der Waals surface area contributed by atoms with Crippen LogP contribution in [0.3, 0.4) is 0 Å². The molecule has 2 heterocycles. The third kappa shape index (κ3) is 3.73. The fourth-order valence-corrected chi connectivity index (χ4v) is 5.88. The van der Waals surface area contributed by atoms with Crippen LogP contribution in [0.25, 0.3) is 10.2 Å². The van der Waals surface area contributed by atoms with Crippen LogP contribution in [0.2, 0.25) is 0 Å². The second kappa shape index (κ2) is 7.60. The van der Waals surface area contributed by atoms with E-state index in [4.69, 9.17) is 0 Å². The molecule has 0 radical (unpaired) electrons. The Balaban J connectivity index is 1.53. The smallest absolute Gasteiger partial charge is 0.234 e. The molecule has 1 amide bonds. The molecule has 0 atom stereocenters. The number of para-hydroxylation sites is 1. The molecule has 140 valence electrons. The van der Waals surface area contributed by atoms with Gasteiger partial charge in [-0.25, -0.2) is 9.97 Å². The predicted molar refractivity (Wildman–Crippen MR) is 114 cm³/mol. The third-order valence-electron chi connectivity index (χ3n) is 4.84. The van der Waals surface area contributed by atoms with Crippen molar-refractivity contribution in [2.45, 2.75) is 51.0 Å². The Kier molecular flexibility index (Phi) is 5.19. The van der Waals surface area contributed by atoms with Gasteiger partial charge in [-0.1, -0.05) is 43.8 Å². The molecule has 1 aliphatic rings. The number of benzene rings is 1. The van der Waals surface area contributed by atoms with Gasteiger partial charge in [0.25, 0.3) is 0 Å². The van der Waals surface area contributed by atoms with Crippen LogP contribution in [0.15, 0.2) is 29.3 Å². The lowest BCUT2D eigenvalue weighted by molar-refractivity contribution is -0.113. The monoisotopic (exact) mass is 397 g/mol. The number of anilines is 1. The maximum Gasteiger partial charge on any atom is 0.234 e. The van der Waals surface area contributed by atoms with Gasteiger partial charge in [0.15, 0.2) is 0 Å². The van der Waals surface area contributed by atoms with E-state index in [9.17, 15) is 4.79 Å². The van der Waals surface area contributed by atoms with Gasteiger partial charge in [-0.2, -0.15) is 0 Å². The van der Waals surface area contributed by atoms with E-state index >= 15 is 0 Å². The second-order valence-corrected chi connectivity index (χ2v) is 9.24. The fourth-order valence-electron chi connectivity index (χ4n) is 3.60. The first-order valence-electron chi connectivity index (χ1n) is 9.33. The Morgan fingerprint density at radius 2 is 2.07 bits per heavy atom. The average molecular weight is 398 g/mol. The first kappa shape index (κ1) is 18.4. The normalized spacial score (nSPS) is 13.3. The number of carbonyl (C=O) groups excluding carboxylic acids is 1. The van der Waals surface area contributed by atoms with Gasteiger partial charge < -0.3 is 5.32 Å².